The quantitative estimate of drug-likeness (QED) is 0.204. The minimum Gasteiger partial charge on any atom is -0.494 e. The summed E-state index contributed by atoms with van der Waals surface area (Å²) in [6, 6.07) is 29.6. The first-order valence-electron chi connectivity index (χ1n) is 14.2. The fourth-order valence-electron chi connectivity index (χ4n) is 5.27. The molecule has 4 aromatic rings. The fraction of sp³-hybridized carbons (Fsp3) is 0.235. The fourth-order valence-corrected chi connectivity index (χ4v) is 5.27. The minimum atomic E-state index is -1.42. The van der Waals surface area contributed by atoms with Gasteiger partial charge in [0.05, 0.1) is 18.0 Å². The lowest BCUT2D eigenvalue weighted by molar-refractivity contribution is -0.153. The maximum atomic E-state index is 13.7. The number of benzene rings is 4. The van der Waals surface area contributed by atoms with Gasteiger partial charge in [0, 0.05) is 25.6 Å². The van der Waals surface area contributed by atoms with Crippen molar-refractivity contribution < 1.29 is 33.6 Å². The number of amides is 2. The van der Waals surface area contributed by atoms with Crippen LogP contribution in [0.25, 0.3) is 0 Å². The van der Waals surface area contributed by atoms with E-state index in [0.29, 0.717) is 49.1 Å². The summed E-state index contributed by atoms with van der Waals surface area (Å²) in [6.45, 7) is 3.18. The first-order chi connectivity index (χ1) is 20.9. The second kappa shape index (κ2) is 12.0. The van der Waals surface area contributed by atoms with Crippen LogP contribution in [0.3, 0.4) is 0 Å². The van der Waals surface area contributed by atoms with Crippen molar-refractivity contribution in [3.05, 3.63) is 108 Å². The van der Waals surface area contributed by atoms with Gasteiger partial charge in [0.25, 0.3) is 0 Å². The van der Waals surface area contributed by atoms with Crippen LogP contribution in [0.5, 0.6) is 23.0 Å². The average Bonchev–Trinajstić information content (AvgIpc) is 3.49. The van der Waals surface area contributed by atoms with Gasteiger partial charge in [0.1, 0.15) is 11.5 Å². The predicted molar refractivity (Wildman–Crippen MR) is 160 cm³/mol. The van der Waals surface area contributed by atoms with E-state index in [1.54, 1.807) is 36.1 Å². The monoisotopic (exact) mass is 580 g/mol. The number of nitrogens with zero attached hydrogens (tertiary/aromatic N) is 2. The SMILES string of the molecule is C[C@@](Cc1ccc(OCCCN2Cc3ccccc3N(c3ccc4c(c3)OCO4)C2=O)cc1)(Oc1ccccc1)C(=O)O. The molecule has 0 fully saturated rings. The number of aliphatic carboxylic acids is 1. The van der Waals surface area contributed by atoms with Crippen LogP contribution in [-0.2, 0) is 17.8 Å². The molecule has 1 N–H and O–H groups in total. The molecule has 0 saturated heterocycles. The lowest BCUT2D eigenvalue weighted by atomic mass is 9.96. The molecule has 9 nitrogen and oxygen atoms in total. The predicted octanol–water partition coefficient (Wildman–Crippen LogP) is 6.42. The number of rotatable bonds is 11. The number of ether oxygens (including phenoxy) is 4. The lowest BCUT2D eigenvalue weighted by Crippen LogP contribution is -2.45. The molecule has 0 aliphatic carbocycles. The van der Waals surface area contributed by atoms with Crippen molar-refractivity contribution in [2.45, 2.75) is 31.9 Å². The van der Waals surface area contributed by atoms with Gasteiger partial charge in [-0.05, 0) is 66.9 Å². The summed E-state index contributed by atoms with van der Waals surface area (Å²) in [5, 5.41) is 9.86. The Hall–Kier alpha value is -5.18. The number of anilines is 2. The van der Waals surface area contributed by atoms with Gasteiger partial charge in [-0.2, -0.15) is 0 Å². The van der Waals surface area contributed by atoms with Gasteiger partial charge in [0.15, 0.2) is 11.5 Å². The summed E-state index contributed by atoms with van der Waals surface area (Å²) < 4.78 is 22.8. The Balaban J connectivity index is 1.06. The van der Waals surface area contributed by atoms with E-state index in [9.17, 15) is 14.7 Å². The normalized spacial score (nSPS) is 15.0. The number of para-hydroxylation sites is 2. The Bertz CT molecular complexity index is 1610. The highest BCUT2D eigenvalue weighted by Crippen LogP contribution is 2.40. The standard InChI is InChI=1S/C34H32N2O7/c1-34(32(37)38,43-28-9-3-2-4-10-28)21-24-12-15-27(16-13-24)40-19-7-18-35-22-25-8-5-6-11-29(25)36(33(35)39)26-14-17-30-31(20-26)42-23-41-30/h2-6,8-17,20H,7,18-19,21-23H2,1H3,(H,37,38)/t34-/m0/s1. The van der Waals surface area contributed by atoms with Gasteiger partial charge in [-0.3, -0.25) is 4.90 Å². The van der Waals surface area contributed by atoms with Gasteiger partial charge in [-0.15, -0.1) is 0 Å². The van der Waals surface area contributed by atoms with Gasteiger partial charge >= 0.3 is 12.0 Å². The summed E-state index contributed by atoms with van der Waals surface area (Å²) in [4.78, 5) is 29.2. The van der Waals surface area contributed by atoms with E-state index in [4.69, 9.17) is 18.9 Å². The van der Waals surface area contributed by atoms with Crippen molar-refractivity contribution in [2.24, 2.45) is 0 Å². The highest BCUT2D eigenvalue weighted by molar-refractivity contribution is 6.02. The Morgan fingerprint density at radius 3 is 2.44 bits per heavy atom. The van der Waals surface area contributed by atoms with Crippen LogP contribution in [0, 0.1) is 0 Å². The smallest absolute Gasteiger partial charge is 0.348 e. The average molecular weight is 581 g/mol. The van der Waals surface area contributed by atoms with Gasteiger partial charge in [-0.25, -0.2) is 9.59 Å². The molecule has 0 saturated carbocycles. The van der Waals surface area contributed by atoms with Crippen molar-refractivity contribution >= 4 is 23.4 Å². The summed E-state index contributed by atoms with van der Waals surface area (Å²) in [5.74, 6) is 1.42. The third-order valence-corrected chi connectivity index (χ3v) is 7.51. The molecule has 2 amide bonds. The topological polar surface area (TPSA) is 97.8 Å². The summed E-state index contributed by atoms with van der Waals surface area (Å²) >= 11 is 0. The summed E-state index contributed by atoms with van der Waals surface area (Å²) in [5.41, 5.74) is 2.02. The molecule has 0 aromatic heterocycles. The summed E-state index contributed by atoms with van der Waals surface area (Å²) in [6.07, 6.45) is 0.822. The van der Waals surface area contributed by atoms with Crippen molar-refractivity contribution in [1.82, 2.24) is 4.90 Å². The molecule has 0 bridgehead atoms. The van der Waals surface area contributed by atoms with Crippen molar-refractivity contribution in [1.29, 1.82) is 0 Å². The van der Waals surface area contributed by atoms with Crippen LogP contribution in [0.15, 0.2) is 97.1 Å². The lowest BCUT2D eigenvalue weighted by Gasteiger charge is -2.37. The van der Waals surface area contributed by atoms with Crippen LogP contribution < -0.4 is 23.8 Å². The molecule has 4 aromatic carbocycles. The first kappa shape index (κ1) is 28.0. The van der Waals surface area contributed by atoms with Gasteiger partial charge in [-0.1, -0.05) is 48.5 Å². The largest absolute Gasteiger partial charge is 0.494 e. The van der Waals surface area contributed by atoms with Crippen LogP contribution in [-0.4, -0.2) is 47.6 Å². The van der Waals surface area contributed by atoms with Gasteiger partial charge in [0.2, 0.25) is 12.4 Å². The third kappa shape index (κ3) is 6.06. The molecule has 0 spiro atoms. The molecule has 220 valence electrons. The van der Waals surface area contributed by atoms with E-state index in [1.165, 1.54) is 0 Å². The molecule has 2 aliphatic heterocycles. The zero-order chi connectivity index (χ0) is 29.8. The molecule has 2 aliphatic rings. The zero-order valence-electron chi connectivity index (χ0n) is 23.8. The Morgan fingerprint density at radius 2 is 1.65 bits per heavy atom. The van der Waals surface area contributed by atoms with Crippen LogP contribution in [0.1, 0.15) is 24.5 Å². The number of hydrogen-bond donors (Lipinski definition) is 1. The number of urea groups is 1. The van der Waals surface area contributed by atoms with Crippen LogP contribution >= 0.6 is 0 Å². The molecule has 6 rings (SSSR count). The van der Waals surface area contributed by atoms with E-state index < -0.39 is 11.6 Å². The number of hydrogen-bond acceptors (Lipinski definition) is 6. The van der Waals surface area contributed by atoms with Crippen molar-refractivity contribution in [2.75, 3.05) is 24.8 Å². The molecule has 43 heavy (non-hydrogen) atoms. The molecular weight excluding hydrogens is 548 g/mol. The van der Waals surface area contributed by atoms with Crippen LogP contribution in [0.4, 0.5) is 16.2 Å². The maximum absolute atomic E-state index is 13.7. The van der Waals surface area contributed by atoms with E-state index in [-0.39, 0.29) is 19.2 Å². The molecular formula is C34H32N2O7. The Morgan fingerprint density at radius 1 is 0.907 bits per heavy atom. The number of carbonyl (C=O) groups excluding carboxylic acids is 1. The van der Waals surface area contributed by atoms with E-state index >= 15 is 0 Å². The third-order valence-electron chi connectivity index (χ3n) is 7.51. The molecule has 0 unspecified atom stereocenters. The first-order valence-corrected chi connectivity index (χ1v) is 14.2. The number of fused-ring (bicyclic) bond motifs is 2. The second-order valence-corrected chi connectivity index (χ2v) is 10.7. The number of carboxylic acids is 1. The van der Waals surface area contributed by atoms with Gasteiger partial charge < -0.3 is 29.0 Å². The molecule has 0 radical (unpaired) electrons. The Labute approximate surface area is 249 Å². The minimum absolute atomic E-state index is 0.110. The van der Waals surface area contributed by atoms with E-state index in [0.717, 1.165) is 22.5 Å². The number of carboxylic acid groups (broad SMARTS) is 1. The maximum Gasteiger partial charge on any atom is 0.348 e. The highest BCUT2D eigenvalue weighted by atomic mass is 16.7. The van der Waals surface area contributed by atoms with Crippen molar-refractivity contribution in [3.8, 4) is 23.0 Å². The zero-order valence-corrected chi connectivity index (χ0v) is 23.8. The Kier molecular flexibility index (Phi) is 7.79. The van der Waals surface area contributed by atoms with Crippen molar-refractivity contribution in [3.63, 3.8) is 0 Å². The molecule has 1 atom stereocenters. The highest BCUT2D eigenvalue weighted by Gasteiger charge is 2.36. The number of carbonyl (C=O) groups is 2. The van der Waals surface area contributed by atoms with E-state index in [1.807, 2.05) is 77.7 Å². The summed E-state index contributed by atoms with van der Waals surface area (Å²) in [7, 11) is 0. The second-order valence-electron chi connectivity index (χ2n) is 10.7. The van der Waals surface area contributed by atoms with E-state index in [2.05, 4.69) is 0 Å². The molecule has 9 heteroatoms. The van der Waals surface area contributed by atoms with Crippen LogP contribution in [0.2, 0.25) is 0 Å². The molecule has 2 heterocycles.